The summed E-state index contributed by atoms with van der Waals surface area (Å²) in [5, 5.41) is 1.39. The topological polar surface area (TPSA) is 13.1 Å². The Balaban J connectivity index is 2.13. The maximum absolute atomic E-state index is 5.48. The molecule has 2 heteroatoms. The fourth-order valence-corrected chi connectivity index (χ4v) is 3.06. The summed E-state index contributed by atoms with van der Waals surface area (Å²) in [6.07, 6.45) is 4.51. The van der Waals surface area contributed by atoms with E-state index in [1.807, 2.05) is 0 Å². The summed E-state index contributed by atoms with van der Waals surface area (Å²) >= 11 is 0. The van der Waals surface area contributed by atoms with Gasteiger partial charge in [-0.1, -0.05) is 26.0 Å². The van der Waals surface area contributed by atoms with Crippen LogP contribution in [-0.2, 0) is 4.74 Å². The van der Waals surface area contributed by atoms with Crippen molar-refractivity contribution >= 4 is 10.9 Å². The van der Waals surface area contributed by atoms with Crippen LogP contribution < -0.4 is 4.57 Å². The van der Waals surface area contributed by atoms with Gasteiger partial charge in [-0.05, 0) is 17.5 Å². The third-order valence-corrected chi connectivity index (χ3v) is 4.11. The maximum Gasteiger partial charge on any atom is 0.212 e. The minimum atomic E-state index is 0.564. The fourth-order valence-electron chi connectivity index (χ4n) is 3.06. The van der Waals surface area contributed by atoms with Crippen molar-refractivity contribution in [1.29, 1.82) is 0 Å². The Morgan fingerprint density at radius 3 is 2.58 bits per heavy atom. The van der Waals surface area contributed by atoms with Crippen molar-refractivity contribution < 1.29 is 9.30 Å². The zero-order valence-electron chi connectivity index (χ0n) is 11.8. The summed E-state index contributed by atoms with van der Waals surface area (Å²) in [5.41, 5.74) is 2.81. The predicted molar refractivity (Wildman–Crippen MR) is 77.3 cm³/mol. The van der Waals surface area contributed by atoms with Crippen molar-refractivity contribution in [3.05, 3.63) is 42.1 Å². The van der Waals surface area contributed by atoms with Gasteiger partial charge in [-0.15, -0.1) is 0 Å². The third kappa shape index (κ3) is 2.37. The molecule has 100 valence electrons. The minimum absolute atomic E-state index is 0.564. The number of hydrogen-bond donors (Lipinski definition) is 0. The number of aromatic nitrogens is 1. The number of para-hydroxylation sites is 1. The monoisotopic (exact) mass is 256 g/mol. The van der Waals surface area contributed by atoms with Crippen LogP contribution in [0.4, 0.5) is 0 Å². The van der Waals surface area contributed by atoms with E-state index in [1.165, 1.54) is 16.5 Å². The Morgan fingerprint density at radius 1 is 1.11 bits per heavy atom. The van der Waals surface area contributed by atoms with E-state index in [1.54, 1.807) is 0 Å². The molecule has 1 aliphatic rings. The van der Waals surface area contributed by atoms with Crippen LogP contribution in [0, 0.1) is 0 Å². The van der Waals surface area contributed by atoms with Gasteiger partial charge in [0, 0.05) is 30.4 Å². The molecule has 1 aliphatic heterocycles. The van der Waals surface area contributed by atoms with E-state index in [-0.39, 0.29) is 0 Å². The number of rotatable bonds is 2. The molecule has 0 bridgehead atoms. The zero-order valence-corrected chi connectivity index (χ0v) is 11.8. The quantitative estimate of drug-likeness (QED) is 0.748. The second-order valence-corrected chi connectivity index (χ2v) is 5.69. The van der Waals surface area contributed by atoms with E-state index in [2.05, 4.69) is 54.9 Å². The second-order valence-electron chi connectivity index (χ2n) is 5.69. The molecule has 1 saturated heterocycles. The van der Waals surface area contributed by atoms with Gasteiger partial charge in [0.2, 0.25) is 5.52 Å². The van der Waals surface area contributed by atoms with Crippen LogP contribution >= 0.6 is 0 Å². The van der Waals surface area contributed by atoms with Crippen LogP contribution in [0.1, 0.15) is 44.2 Å². The first-order valence-electron chi connectivity index (χ1n) is 7.28. The van der Waals surface area contributed by atoms with Gasteiger partial charge >= 0.3 is 0 Å². The van der Waals surface area contributed by atoms with Crippen LogP contribution in [0.5, 0.6) is 0 Å². The summed E-state index contributed by atoms with van der Waals surface area (Å²) in [4.78, 5) is 0. The van der Waals surface area contributed by atoms with Crippen LogP contribution in [0.3, 0.4) is 0 Å². The molecule has 2 heterocycles. The lowest BCUT2D eigenvalue weighted by Crippen LogP contribution is -2.43. The molecule has 2 nitrogen and oxygen atoms in total. The molecule has 19 heavy (non-hydrogen) atoms. The van der Waals surface area contributed by atoms with Crippen molar-refractivity contribution in [3.63, 3.8) is 0 Å². The molecular formula is C17H22NO+. The molecule has 2 aromatic rings. The normalized spacial score (nSPS) is 17.2. The van der Waals surface area contributed by atoms with E-state index in [4.69, 9.17) is 4.74 Å². The van der Waals surface area contributed by atoms with Crippen molar-refractivity contribution in [2.45, 2.75) is 38.6 Å². The highest BCUT2D eigenvalue weighted by Gasteiger charge is 2.25. The first-order chi connectivity index (χ1) is 9.27. The van der Waals surface area contributed by atoms with Gasteiger partial charge in [-0.2, -0.15) is 4.57 Å². The van der Waals surface area contributed by atoms with E-state index in [0.717, 1.165) is 26.1 Å². The molecule has 1 aromatic heterocycles. The number of hydrogen-bond acceptors (Lipinski definition) is 1. The molecule has 1 fully saturated rings. The molecule has 0 N–H and O–H groups in total. The Morgan fingerprint density at radius 2 is 1.84 bits per heavy atom. The highest BCUT2D eigenvalue weighted by atomic mass is 16.5. The van der Waals surface area contributed by atoms with Gasteiger partial charge in [0.1, 0.15) is 0 Å². The largest absolute Gasteiger partial charge is 0.381 e. The van der Waals surface area contributed by atoms with E-state index in [9.17, 15) is 0 Å². The molecular weight excluding hydrogens is 234 g/mol. The molecule has 1 aromatic carbocycles. The molecule has 0 amide bonds. The highest BCUT2D eigenvalue weighted by molar-refractivity contribution is 5.79. The smallest absolute Gasteiger partial charge is 0.212 e. The number of nitrogens with zero attached hydrogens (tertiary/aromatic N) is 1. The molecule has 0 atom stereocenters. The van der Waals surface area contributed by atoms with Gasteiger partial charge < -0.3 is 4.74 Å². The highest BCUT2D eigenvalue weighted by Crippen LogP contribution is 2.25. The van der Waals surface area contributed by atoms with Crippen LogP contribution in [0.25, 0.3) is 10.9 Å². The second kappa shape index (κ2) is 5.30. The van der Waals surface area contributed by atoms with Crippen LogP contribution in [0.2, 0.25) is 0 Å². The van der Waals surface area contributed by atoms with Gasteiger partial charge in [-0.3, -0.25) is 0 Å². The Labute approximate surface area is 115 Å². The Kier molecular flexibility index (Phi) is 3.52. The van der Waals surface area contributed by atoms with Gasteiger partial charge in [0.15, 0.2) is 12.2 Å². The average Bonchev–Trinajstić information content (AvgIpc) is 2.47. The molecule has 0 unspecified atom stereocenters. The molecule has 0 aliphatic carbocycles. The predicted octanol–water partition coefficient (Wildman–Crippen LogP) is 3.60. The van der Waals surface area contributed by atoms with Gasteiger partial charge in [0.05, 0.1) is 13.2 Å². The first kappa shape index (κ1) is 12.6. The first-order valence-corrected chi connectivity index (χ1v) is 7.28. The molecule has 0 spiro atoms. The lowest BCUT2D eigenvalue weighted by atomic mass is 9.98. The maximum atomic E-state index is 5.48. The van der Waals surface area contributed by atoms with E-state index >= 15 is 0 Å². The van der Waals surface area contributed by atoms with Crippen LogP contribution in [0.15, 0.2) is 36.5 Å². The molecule has 3 rings (SSSR count). The standard InChI is InChI=1S/C17H22NO/c1-13(2)15-7-10-18(14-8-11-19-12-9-14)17-6-4-3-5-16(15)17/h3-7,10,13-14H,8-9,11-12H2,1-2H3/q+1. The lowest BCUT2D eigenvalue weighted by molar-refractivity contribution is -0.702. The van der Waals surface area contributed by atoms with Crippen molar-refractivity contribution in [1.82, 2.24) is 0 Å². The van der Waals surface area contributed by atoms with E-state index in [0.29, 0.717) is 12.0 Å². The Bertz CT molecular complexity index is 570. The summed E-state index contributed by atoms with van der Waals surface area (Å²) in [5.74, 6) is 0.564. The Hall–Kier alpha value is -1.41. The number of fused-ring (bicyclic) bond motifs is 1. The van der Waals surface area contributed by atoms with Crippen LogP contribution in [-0.4, -0.2) is 13.2 Å². The molecule has 0 radical (unpaired) electrons. The minimum Gasteiger partial charge on any atom is -0.381 e. The SMILES string of the molecule is CC(C)c1cc[n+](C2CCOCC2)c2ccccc12. The summed E-state index contributed by atoms with van der Waals surface area (Å²) in [7, 11) is 0. The van der Waals surface area contributed by atoms with E-state index < -0.39 is 0 Å². The number of benzene rings is 1. The van der Waals surface area contributed by atoms with Gasteiger partial charge in [-0.25, -0.2) is 0 Å². The average molecular weight is 256 g/mol. The number of pyridine rings is 1. The summed E-state index contributed by atoms with van der Waals surface area (Å²) in [6, 6.07) is 11.7. The fraction of sp³-hybridized carbons (Fsp3) is 0.471. The zero-order chi connectivity index (χ0) is 13.2. The van der Waals surface area contributed by atoms with Crippen molar-refractivity contribution in [2.24, 2.45) is 0 Å². The summed E-state index contributed by atoms with van der Waals surface area (Å²) < 4.78 is 7.93. The summed E-state index contributed by atoms with van der Waals surface area (Å²) in [6.45, 7) is 6.30. The third-order valence-electron chi connectivity index (χ3n) is 4.11. The van der Waals surface area contributed by atoms with Crippen molar-refractivity contribution in [2.75, 3.05) is 13.2 Å². The molecule has 0 saturated carbocycles. The van der Waals surface area contributed by atoms with Gasteiger partial charge in [0.25, 0.3) is 0 Å². The number of ether oxygens (including phenoxy) is 1. The lowest BCUT2D eigenvalue weighted by Gasteiger charge is -2.20. The van der Waals surface area contributed by atoms with Crippen molar-refractivity contribution in [3.8, 4) is 0 Å².